The number of halogens is 1. The van der Waals surface area contributed by atoms with E-state index in [1.54, 1.807) is 66.7 Å². The van der Waals surface area contributed by atoms with Crippen molar-refractivity contribution in [3.63, 3.8) is 0 Å². The minimum Gasteiger partial charge on any atom is -0.489 e. The summed E-state index contributed by atoms with van der Waals surface area (Å²) in [5.41, 5.74) is 5.54. The summed E-state index contributed by atoms with van der Waals surface area (Å²) >= 11 is 5.87. The Morgan fingerprint density at radius 3 is 2.16 bits per heavy atom. The molecule has 0 bridgehead atoms. The van der Waals surface area contributed by atoms with E-state index in [1.165, 1.54) is 12.3 Å². The zero-order valence-electron chi connectivity index (χ0n) is 19.7. The summed E-state index contributed by atoms with van der Waals surface area (Å²) in [4.78, 5) is 24.4. The van der Waals surface area contributed by atoms with Gasteiger partial charge in [0, 0.05) is 16.7 Å². The maximum atomic E-state index is 12.4. The highest BCUT2D eigenvalue weighted by Gasteiger charge is 2.05. The monoisotopic (exact) mass is 510 g/mol. The number of ether oxygens (including phenoxy) is 2. The number of amides is 1. The van der Waals surface area contributed by atoms with Crippen molar-refractivity contribution in [2.24, 2.45) is 5.10 Å². The van der Waals surface area contributed by atoms with Gasteiger partial charge in [0.15, 0.2) is 0 Å². The van der Waals surface area contributed by atoms with Crippen LogP contribution in [0.5, 0.6) is 11.5 Å². The molecule has 0 saturated heterocycles. The standard InChI is InChI=1S/C30H23ClN2O4/c31-26-13-17-27(18-14-26)36-21-24-6-11-25(12-7-24)30(35)33-32-20-23-8-15-28(16-9-23)37-29(34)19-10-22-4-2-1-3-5-22/h1-20H,21H2,(H,33,35). The summed E-state index contributed by atoms with van der Waals surface area (Å²) in [6.07, 6.45) is 4.57. The molecule has 6 nitrogen and oxygen atoms in total. The van der Waals surface area contributed by atoms with E-state index in [-0.39, 0.29) is 5.91 Å². The van der Waals surface area contributed by atoms with E-state index in [0.29, 0.717) is 28.7 Å². The number of hydrogen-bond donors (Lipinski definition) is 1. The van der Waals surface area contributed by atoms with Crippen molar-refractivity contribution < 1.29 is 19.1 Å². The molecule has 0 spiro atoms. The molecule has 4 rings (SSSR count). The van der Waals surface area contributed by atoms with Gasteiger partial charge < -0.3 is 9.47 Å². The highest BCUT2D eigenvalue weighted by molar-refractivity contribution is 6.30. The lowest BCUT2D eigenvalue weighted by Crippen LogP contribution is -2.17. The lowest BCUT2D eigenvalue weighted by Gasteiger charge is -2.07. The summed E-state index contributed by atoms with van der Waals surface area (Å²) in [7, 11) is 0. The van der Waals surface area contributed by atoms with Gasteiger partial charge in [-0.15, -0.1) is 0 Å². The van der Waals surface area contributed by atoms with E-state index in [1.807, 2.05) is 42.5 Å². The number of nitrogens with one attached hydrogen (secondary N) is 1. The van der Waals surface area contributed by atoms with Crippen LogP contribution in [-0.4, -0.2) is 18.1 Å². The lowest BCUT2D eigenvalue weighted by atomic mass is 10.1. The first kappa shape index (κ1) is 25.4. The second-order valence-corrected chi connectivity index (χ2v) is 8.31. The molecule has 0 aliphatic carbocycles. The molecule has 0 aliphatic heterocycles. The molecule has 1 amide bonds. The Hall–Kier alpha value is -4.68. The molecule has 184 valence electrons. The second kappa shape index (κ2) is 12.9. The molecule has 0 atom stereocenters. The second-order valence-electron chi connectivity index (χ2n) is 7.87. The first-order valence-electron chi connectivity index (χ1n) is 11.4. The van der Waals surface area contributed by atoms with E-state index in [4.69, 9.17) is 21.1 Å². The minimum atomic E-state index is -0.472. The topological polar surface area (TPSA) is 77.0 Å². The zero-order valence-corrected chi connectivity index (χ0v) is 20.5. The van der Waals surface area contributed by atoms with E-state index >= 15 is 0 Å². The van der Waals surface area contributed by atoms with E-state index in [9.17, 15) is 9.59 Å². The Balaban J connectivity index is 1.23. The number of rotatable bonds is 9. The van der Waals surface area contributed by atoms with Gasteiger partial charge >= 0.3 is 5.97 Å². The molecular weight excluding hydrogens is 488 g/mol. The van der Waals surface area contributed by atoms with Gasteiger partial charge in [-0.25, -0.2) is 10.2 Å². The first-order valence-corrected chi connectivity index (χ1v) is 11.8. The van der Waals surface area contributed by atoms with Crippen molar-refractivity contribution in [2.75, 3.05) is 0 Å². The number of hydrogen-bond acceptors (Lipinski definition) is 5. The molecule has 0 aliphatic rings. The molecule has 0 fully saturated rings. The fourth-order valence-corrected chi connectivity index (χ4v) is 3.31. The molecule has 0 radical (unpaired) electrons. The Kier molecular flexibility index (Phi) is 8.83. The maximum Gasteiger partial charge on any atom is 0.336 e. The van der Waals surface area contributed by atoms with Crippen LogP contribution in [0.2, 0.25) is 5.02 Å². The third-order valence-corrected chi connectivity index (χ3v) is 5.38. The van der Waals surface area contributed by atoms with Crippen LogP contribution in [-0.2, 0) is 11.4 Å². The fourth-order valence-electron chi connectivity index (χ4n) is 3.18. The van der Waals surface area contributed by atoms with Crippen molar-refractivity contribution in [3.8, 4) is 11.5 Å². The van der Waals surface area contributed by atoms with Crippen molar-refractivity contribution in [2.45, 2.75) is 6.61 Å². The predicted molar refractivity (Wildman–Crippen MR) is 145 cm³/mol. The average Bonchev–Trinajstić information content (AvgIpc) is 2.93. The first-order chi connectivity index (χ1) is 18.0. The number of esters is 1. The number of carbonyl (C=O) groups is 2. The fraction of sp³-hybridized carbons (Fsp3) is 0.0333. The van der Waals surface area contributed by atoms with Gasteiger partial charge in [-0.2, -0.15) is 5.10 Å². The maximum absolute atomic E-state index is 12.4. The number of benzene rings is 4. The van der Waals surface area contributed by atoms with Crippen LogP contribution < -0.4 is 14.9 Å². The number of carbonyl (C=O) groups excluding carboxylic acids is 2. The third-order valence-electron chi connectivity index (χ3n) is 5.12. The van der Waals surface area contributed by atoms with Crippen LogP contribution in [0.1, 0.15) is 27.0 Å². The Bertz CT molecular complexity index is 1380. The van der Waals surface area contributed by atoms with Gasteiger partial charge in [-0.05, 0) is 83.4 Å². The van der Waals surface area contributed by atoms with Gasteiger partial charge in [-0.3, -0.25) is 4.79 Å². The predicted octanol–water partition coefficient (Wildman–Crippen LogP) is 6.30. The molecule has 1 N–H and O–H groups in total. The smallest absolute Gasteiger partial charge is 0.336 e. The number of hydrazone groups is 1. The molecule has 4 aromatic carbocycles. The van der Waals surface area contributed by atoms with Crippen LogP contribution >= 0.6 is 11.6 Å². The molecular formula is C30H23ClN2O4. The summed E-state index contributed by atoms with van der Waals surface area (Å²) in [6, 6.07) is 30.4. The summed E-state index contributed by atoms with van der Waals surface area (Å²) in [6.45, 7) is 0.371. The Morgan fingerprint density at radius 1 is 0.784 bits per heavy atom. The summed E-state index contributed by atoms with van der Waals surface area (Å²) in [5, 5.41) is 4.65. The summed E-state index contributed by atoms with van der Waals surface area (Å²) in [5.74, 6) is 0.313. The van der Waals surface area contributed by atoms with Crippen molar-refractivity contribution in [3.05, 3.63) is 136 Å². The third kappa shape index (κ3) is 8.19. The highest BCUT2D eigenvalue weighted by atomic mass is 35.5. The molecule has 37 heavy (non-hydrogen) atoms. The van der Waals surface area contributed by atoms with E-state index < -0.39 is 5.97 Å². The summed E-state index contributed by atoms with van der Waals surface area (Å²) < 4.78 is 11.0. The van der Waals surface area contributed by atoms with Crippen LogP contribution in [0.25, 0.3) is 6.08 Å². The van der Waals surface area contributed by atoms with Gasteiger partial charge in [0.1, 0.15) is 18.1 Å². The molecule has 0 heterocycles. The van der Waals surface area contributed by atoms with Crippen molar-refractivity contribution in [1.82, 2.24) is 5.43 Å². The van der Waals surface area contributed by atoms with Crippen molar-refractivity contribution in [1.29, 1.82) is 0 Å². The molecule has 7 heteroatoms. The quantitative estimate of drug-likeness (QED) is 0.0942. The number of nitrogens with zero attached hydrogens (tertiary/aromatic N) is 1. The lowest BCUT2D eigenvalue weighted by molar-refractivity contribution is -0.128. The van der Waals surface area contributed by atoms with E-state index in [2.05, 4.69) is 10.5 Å². The highest BCUT2D eigenvalue weighted by Crippen LogP contribution is 2.17. The largest absolute Gasteiger partial charge is 0.489 e. The minimum absolute atomic E-state index is 0.336. The molecule has 0 aromatic heterocycles. The van der Waals surface area contributed by atoms with Crippen LogP contribution in [0.4, 0.5) is 0 Å². The molecule has 0 unspecified atom stereocenters. The van der Waals surface area contributed by atoms with Gasteiger partial charge in [0.2, 0.25) is 0 Å². The molecule has 4 aromatic rings. The van der Waals surface area contributed by atoms with Gasteiger partial charge in [0.05, 0.1) is 6.21 Å². The van der Waals surface area contributed by atoms with Crippen molar-refractivity contribution >= 4 is 35.8 Å². The molecule has 0 saturated carbocycles. The average molecular weight is 511 g/mol. The normalized spacial score (nSPS) is 10.9. The van der Waals surface area contributed by atoms with Crippen LogP contribution in [0, 0.1) is 0 Å². The Morgan fingerprint density at radius 2 is 1.46 bits per heavy atom. The van der Waals surface area contributed by atoms with E-state index in [0.717, 1.165) is 16.7 Å². The van der Waals surface area contributed by atoms with Gasteiger partial charge in [-0.1, -0.05) is 54.1 Å². The van der Waals surface area contributed by atoms with Gasteiger partial charge in [0.25, 0.3) is 5.91 Å². The SMILES string of the molecule is O=C(C=Cc1ccccc1)Oc1ccc(C=NNC(=O)c2ccc(COc3ccc(Cl)cc3)cc2)cc1. The Labute approximate surface area is 219 Å². The van der Waals surface area contributed by atoms with Crippen LogP contribution in [0.3, 0.4) is 0 Å². The zero-order chi connectivity index (χ0) is 25.9. The van der Waals surface area contributed by atoms with Crippen LogP contribution in [0.15, 0.2) is 114 Å².